The van der Waals surface area contributed by atoms with Gasteiger partial charge in [0.05, 0.1) is 5.92 Å². The predicted octanol–water partition coefficient (Wildman–Crippen LogP) is 4.49. The largest absolute Gasteiger partial charge is 0.481 e. The predicted molar refractivity (Wildman–Crippen MR) is 121 cm³/mol. The number of aromatic nitrogens is 1. The zero-order valence-corrected chi connectivity index (χ0v) is 18.1. The van der Waals surface area contributed by atoms with Crippen molar-refractivity contribution >= 4 is 29.4 Å². The Morgan fingerprint density at radius 1 is 0.969 bits per heavy atom. The van der Waals surface area contributed by atoms with Gasteiger partial charge in [-0.15, -0.1) is 0 Å². The van der Waals surface area contributed by atoms with E-state index in [9.17, 15) is 19.5 Å². The summed E-state index contributed by atoms with van der Waals surface area (Å²) in [6.45, 7) is 1.58. The topological polar surface area (TPSA) is 119 Å². The average molecular weight is 455 g/mol. The number of carboxylic acid groups (broad SMARTS) is 2. The van der Waals surface area contributed by atoms with Crippen molar-refractivity contribution in [3.8, 4) is 11.1 Å². The number of hydrogen-bond donors (Lipinski definition) is 4. The SMILES string of the molecule is C[C@@H](C[C@@H](Cc1ccc(-c2cccc(Cl)c2)cc1)NC(=O)c1ccc(C(=O)O)[nH]1)C(=O)O. The molecule has 0 aliphatic carbocycles. The second-order valence-electron chi connectivity index (χ2n) is 7.65. The molecule has 0 saturated carbocycles. The number of aromatic amines is 1. The van der Waals surface area contributed by atoms with Gasteiger partial charge in [-0.1, -0.05) is 54.9 Å². The van der Waals surface area contributed by atoms with E-state index in [-0.39, 0.29) is 17.8 Å². The van der Waals surface area contributed by atoms with E-state index in [1.54, 1.807) is 13.0 Å². The average Bonchev–Trinajstić information content (AvgIpc) is 3.25. The van der Waals surface area contributed by atoms with Crippen molar-refractivity contribution in [2.45, 2.75) is 25.8 Å². The lowest BCUT2D eigenvalue weighted by Crippen LogP contribution is -2.38. The van der Waals surface area contributed by atoms with Crippen LogP contribution in [0.3, 0.4) is 0 Å². The maximum atomic E-state index is 12.6. The van der Waals surface area contributed by atoms with E-state index in [4.69, 9.17) is 16.7 Å². The first-order valence-electron chi connectivity index (χ1n) is 10.0. The van der Waals surface area contributed by atoms with Crippen LogP contribution in [0.25, 0.3) is 11.1 Å². The van der Waals surface area contributed by atoms with E-state index in [2.05, 4.69) is 10.3 Å². The van der Waals surface area contributed by atoms with Crippen molar-refractivity contribution in [1.29, 1.82) is 0 Å². The number of hydrogen-bond acceptors (Lipinski definition) is 3. The van der Waals surface area contributed by atoms with Gasteiger partial charge < -0.3 is 20.5 Å². The summed E-state index contributed by atoms with van der Waals surface area (Å²) in [5.74, 6) is -3.27. The number of nitrogens with one attached hydrogen (secondary N) is 2. The standard InChI is InChI=1S/C24H23ClN2O5/c1-14(23(29)30)11-19(26-22(28)20-9-10-21(27-20)24(31)32)12-15-5-7-16(8-6-15)17-3-2-4-18(25)13-17/h2-10,13-14,19,27H,11-12H2,1H3,(H,26,28)(H,29,30)(H,31,32)/t14-,19-/m0/s1. The summed E-state index contributed by atoms with van der Waals surface area (Å²) in [7, 11) is 0. The van der Waals surface area contributed by atoms with Crippen LogP contribution in [0.4, 0.5) is 0 Å². The van der Waals surface area contributed by atoms with E-state index in [1.165, 1.54) is 12.1 Å². The molecular weight excluding hydrogens is 432 g/mol. The Labute approximate surface area is 190 Å². The molecule has 2 aromatic carbocycles. The number of aliphatic carboxylic acids is 1. The second kappa shape index (κ2) is 10.2. The number of carbonyl (C=O) groups is 3. The molecule has 3 rings (SSSR count). The van der Waals surface area contributed by atoms with Crippen LogP contribution >= 0.6 is 11.6 Å². The summed E-state index contributed by atoms with van der Waals surface area (Å²) >= 11 is 6.06. The van der Waals surface area contributed by atoms with Gasteiger partial charge in [0.1, 0.15) is 11.4 Å². The third kappa shape index (κ3) is 5.98. The van der Waals surface area contributed by atoms with Gasteiger partial charge in [-0.25, -0.2) is 4.79 Å². The van der Waals surface area contributed by atoms with Crippen LogP contribution in [0.5, 0.6) is 0 Å². The zero-order valence-electron chi connectivity index (χ0n) is 17.3. The van der Waals surface area contributed by atoms with Gasteiger partial charge in [-0.3, -0.25) is 9.59 Å². The Morgan fingerprint density at radius 2 is 1.66 bits per heavy atom. The first-order chi connectivity index (χ1) is 15.2. The number of carbonyl (C=O) groups excluding carboxylic acids is 1. The van der Waals surface area contributed by atoms with Crippen molar-refractivity contribution in [2.75, 3.05) is 0 Å². The summed E-state index contributed by atoms with van der Waals surface area (Å²) in [6, 6.07) is 17.5. The maximum Gasteiger partial charge on any atom is 0.352 e. The highest BCUT2D eigenvalue weighted by atomic mass is 35.5. The first kappa shape index (κ1) is 23.1. The molecule has 0 aliphatic rings. The monoisotopic (exact) mass is 454 g/mol. The molecule has 0 radical (unpaired) electrons. The quantitative estimate of drug-likeness (QED) is 0.380. The molecule has 0 unspecified atom stereocenters. The Hall–Kier alpha value is -3.58. The van der Waals surface area contributed by atoms with Crippen molar-refractivity contribution in [3.05, 3.63) is 82.6 Å². The van der Waals surface area contributed by atoms with Gasteiger partial charge in [0, 0.05) is 11.1 Å². The molecule has 1 heterocycles. The molecule has 32 heavy (non-hydrogen) atoms. The lowest BCUT2D eigenvalue weighted by Gasteiger charge is -2.21. The van der Waals surface area contributed by atoms with Gasteiger partial charge >= 0.3 is 11.9 Å². The number of H-pyrrole nitrogens is 1. The third-order valence-corrected chi connectivity index (χ3v) is 5.38. The number of halogens is 1. The summed E-state index contributed by atoms with van der Waals surface area (Å²) < 4.78 is 0. The summed E-state index contributed by atoms with van der Waals surface area (Å²) in [4.78, 5) is 37.5. The fraction of sp³-hybridized carbons (Fsp3) is 0.208. The van der Waals surface area contributed by atoms with E-state index in [1.807, 2.05) is 42.5 Å². The van der Waals surface area contributed by atoms with Crippen LogP contribution in [0.15, 0.2) is 60.7 Å². The number of amides is 1. The molecule has 166 valence electrons. The molecule has 1 amide bonds. The van der Waals surface area contributed by atoms with Gasteiger partial charge in [-0.2, -0.15) is 0 Å². The van der Waals surface area contributed by atoms with Crippen LogP contribution < -0.4 is 5.32 Å². The molecular formula is C24H23ClN2O5. The molecule has 2 atom stereocenters. The smallest absolute Gasteiger partial charge is 0.352 e. The molecule has 0 bridgehead atoms. The van der Waals surface area contributed by atoms with Crippen molar-refractivity contribution < 1.29 is 24.6 Å². The Bertz CT molecular complexity index is 1120. The first-order valence-corrected chi connectivity index (χ1v) is 10.4. The third-order valence-electron chi connectivity index (χ3n) is 5.15. The summed E-state index contributed by atoms with van der Waals surface area (Å²) in [6.07, 6.45) is 0.648. The Balaban J connectivity index is 1.75. The molecule has 3 aromatic rings. The summed E-state index contributed by atoms with van der Waals surface area (Å²) in [5, 5.41) is 21.8. The molecule has 4 N–H and O–H groups in total. The number of aromatic carboxylic acids is 1. The van der Waals surface area contributed by atoms with E-state index >= 15 is 0 Å². The fourth-order valence-electron chi connectivity index (χ4n) is 3.42. The van der Waals surface area contributed by atoms with E-state index in [0.29, 0.717) is 11.4 Å². The molecule has 0 spiro atoms. The van der Waals surface area contributed by atoms with Crippen LogP contribution in [0.2, 0.25) is 5.02 Å². The second-order valence-corrected chi connectivity index (χ2v) is 8.08. The lowest BCUT2D eigenvalue weighted by molar-refractivity contribution is -0.141. The highest BCUT2D eigenvalue weighted by Gasteiger charge is 2.22. The van der Waals surface area contributed by atoms with E-state index in [0.717, 1.165) is 16.7 Å². The molecule has 0 saturated heterocycles. The van der Waals surface area contributed by atoms with Crippen LogP contribution in [-0.2, 0) is 11.2 Å². The van der Waals surface area contributed by atoms with Crippen LogP contribution in [0.1, 0.15) is 39.9 Å². The normalized spacial score (nSPS) is 12.7. The number of rotatable bonds is 9. The van der Waals surface area contributed by atoms with Gasteiger partial charge in [0.25, 0.3) is 5.91 Å². The zero-order chi connectivity index (χ0) is 23.3. The van der Waals surface area contributed by atoms with Crippen molar-refractivity contribution in [3.63, 3.8) is 0 Å². The minimum absolute atomic E-state index is 0.0952. The van der Waals surface area contributed by atoms with Gasteiger partial charge in [0.2, 0.25) is 0 Å². The lowest BCUT2D eigenvalue weighted by atomic mass is 9.95. The van der Waals surface area contributed by atoms with Gasteiger partial charge in [0.15, 0.2) is 0 Å². The van der Waals surface area contributed by atoms with Gasteiger partial charge in [-0.05, 0) is 53.8 Å². The van der Waals surface area contributed by atoms with Crippen molar-refractivity contribution in [2.24, 2.45) is 5.92 Å². The molecule has 8 heteroatoms. The van der Waals surface area contributed by atoms with Crippen LogP contribution in [0, 0.1) is 5.92 Å². The van der Waals surface area contributed by atoms with E-state index < -0.39 is 29.8 Å². The van der Waals surface area contributed by atoms with Crippen LogP contribution in [-0.4, -0.2) is 39.1 Å². The maximum absolute atomic E-state index is 12.6. The number of carboxylic acids is 2. The minimum Gasteiger partial charge on any atom is -0.481 e. The molecule has 0 aliphatic heterocycles. The summed E-state index contributed by atoms with van der Waals surface area (Å²) in [5.41, 5.74) is 2.91. The fourth-order valence-corrected chi connectivity index (χ4v) is 3.61. The minimum atomic E-state index is -1.17. The Kier molecular flexibility index (Phi) is 7.33. The molecule has 0 fully saturated rings. The highest BCUT2D eigenvalue weighted by molar-refractivity contribution is 6.30. The molecule has 1 aromatic heterocycles. The van der Waals surface area contributed by atoms with Crippen molar-refractivity contribution in [1.82, 2.24) is 10.3 Å². The number of benzene rings is 2. The highest BCUT2D eigenvalue weighted by Crippen LogP contribution is 2.24. The Morgan fingerprint density at radius 3 is 2.25 bits per heavy atom. The molecule has 7 nitrogen and oxygen atoms in total.